The summed E-state index contributed by atoms with van der Waals surface area (Å²) in [7, 11) is -1.47. The SMILES string of the molecule is CCN(CC)S(=O)(=O)CCNC(=NC)N1CCN(c2ccccc2)CC1. The van der Waals surface area contributed by atoms with E-state index >= 15 is 0 Å². The third kappa shape index (κ3) is 5.35. The molecule has 0 atom stereocenters. The van der Waals surface area contributed by atoms with Gasteiger partial charge in [0.05, 0.1) is 5.75 Å². The zero-order chi connectivity index (χ0) is 19.0. The minimum Gasteiger partial charge on any atom is -0.368 e. The lowest BCUT2D eigenvalue weighted by atomic mass is 10.2. The molecule has 0 unspecified atom stereocenters. The van der Waals surface area contributed by atoms with Crippen LogP contribution in [0, 0.1) is 0 Å². The number of nitrogens with one attached hydrogen (secondary N) is 1. The van der Waals surface area contributed by atoms with Crippen molar-refractivity contribution in [1.29, 1.82) is 0 Å². The monoisotopic (exact) mass is 381 g/mol. The Bertz CT molecular complexity index is 666. The van der Waals surface area contributed by atoms with Crippen molar-refractivity contribution in [3.8, 4) is 0 Å². The van der Waals surface area contributed by atoms with E-state index in [1.807, 2.05) is 19.9 Å². The van der Waals surface area contributed by atoms with E-state index in [0.717, 1.165) is 32.1 Å². The Morgan fingerprint density at radius 1 is 1.12 bits per heavy atom. The molecule has 1 N–H and O–H groups in total. The highest BCUT2D eigenvalue weighted by Crippen LogP contribution is 2.15. The third-order valence-corrected chi connectivity index (χ3v) is 6.68. The van der Waals surface area contributed by atoms with Crippen LogP contribution in [0.3, 0.4) is 0 Å². The molecule has 1 saturated heterocycles. The Morgan fingerprint density at radius 3 is 2.27 bits per heavy atom. The van der Waals surface area contributed by atoms with Crippen molar-refractivity contribution in [3.05, 3.63) is 30.3 Å². The van der Waals surface area contributed by atoms with Gasteiger partial charge in [-0.1, -0.05) is 32.0 Å². The van der Waals surface area contributed by atoms with Gasteiger partial charge >= 0.3 is 0 Å². The summed E-state index contributed by atoms with van der Waals surface area (Å²) in [6.07, 6.45) is 0. The molecule has 1 aliphatic heterocycles. The lowest BCUT2D eigenvalue weighted by Crippen LogP contribution is -2.53. The summed E-state index contributed by atoms with van der Waals surface area (Å²) in [5.74, 6) is 0.852. The van der Waals surface area contributed by atoms with E-state index in [4.69, 9.17) is 0 Å². The average molecular weight is 382 g/mol. The molecular formula is C18H31N5O2S. The number of nitrogens with zero attached hydrogens (tertiary/aromatic N) is 4. The van der Waals surface area contributed by atoms with E-state index < -0.39 is 10.0 Å². The van der Waals surface area contributed by atoms with Gasteiger partial charge < -0.3 is 15.1 Å². The highest BCUT2D eigenvalue weighted by molar-refractivity contribution is 7.89. The first-order chi connectivity index (χ1) is 12.5. The largest absolute Gasteiger partial charge is 0.368 e. The van der Waals surface area contributed by atoms with Gasteiger partial charge in [-0.25, -0.2) is 12.7 Å². The normalized spacial score (nSPS) is 16.2. The predicted octanol–water partition coefficient (Wildman–Crippen LogP) is 1.06. The first-order valence-corrected chi connectivity index (χ1v) is 10.9. The van der Waals surface area contributed by atoms with Crippen LogP contribution in [0.5, 0.6) is 0 Å². The molecule has 2 rings (SSSR count). The third-order valence-electron chi connectivity index (χ3n) is 4.65. The average Bonchev–Trinajstić information content (AvgIpc) is 2.67. The first kappa shape index (κ1) is 20.5. The Morgan fingerprint density at radius 2 is 1.73 bits per heavy atom. The Balaban J connectivity index is 1.83. The standard InChI is InChI=1S/C18H31N5O2S/c1-4-23(5-2)26(24,25)16-11-20-18(19-3)22-14-12-21(13-15-22)17-9-7-6-8-10-17/h6-10H,4-5,11-16H2,1-3H3,(H,19,20). The lowest BCUT2D eigenvalue weighted by Gasteiger charge is -2.37. The minimum absolute atomic E-state index is 0.0810. The summed E-state index contributed by atoms with van der Waals surface area (Å²) in [6.45, 7) is 8.66. The van der Waals surface area contributed by atoms with E-state index in [-0.39, 0.29) is 5.75 Å². The molecule has 0 aromatic heterocycles. The van der Waals surface area contributed by atoms with Gasteiger partial charge in [-0.05, 0) is 12.1 Å². The molecule has 146 valence electrons. The number of anilines is 1. The molecule has 0 spiro atoms. The van der Waals surface area contributed by atoms with Gasteiger partial charge in [0.2, 0.25) is 10.0 Å². The second kappa shape index (κ2) is 9.78. The summed E-state index contributed by atoms with van der Waals surface area (Å²) < 4.78 is 26.0. The Labute approximate surface area is 157 Å². The van der Waals surface area contributed by atoms with Gasteiger partial charge in [0.25, 0.3) is 0 Å². The van der Waals surface area contributed by atoms with Gasteiger partial charge in [-0.15, -0.1) is 0 Å². The summed E-state index contributed by atoms with van der Waals surface area (Å²) >= 11 is 0. The maximum absolute atomic E-state index is 12.3. The fourth-order valence-corrected chi connectivity index (χ4v) is 4.59. The molecule has 7 nitrogen and oxygen atoms in total. The maximum atomic E-state index is 12.3. The minimum atomic E-state index is -3.21. The van der Waals surface area contributed by atoms with Crippen molar-refractivity contribution in [2.45, 2.75) is 13.8 Å². The molecule has 0 aliphatic carbocycles. The van der Waals surface area contributed by atoms with Gasteiger partial charge in [0, 0.05) is 58.5 Å². The molecule has 0 saturated carbocycles. The van der Waals surface area contributed by atoms with E-state index in [9.17, 15) is 8.42 Å². The summed E-state index contributed by atoms with van der Waals surface area (Å²) in [5.41, 5.74) is 1.24. The fraction of sp³-hybridized carbons (Fsp3) is 0.611. The van der Waals surface area contributed by atoms with Crippen molar-refractivity contribution in [1.82, 2.24) is 14.5 Å². The van der Waals surface area contributed by atoms with Crippen LogP contribution < -0.4 is 10.2 Å². The highest BCUT2D eigenvalue weighted by Gasteiger charge is 2.21. The highest BCUT2D eigenvalue weighted by atomic mass is 32.2. The fourth-order valence-electron chi connectivity index (χ4n) is 3.19. The second-order valence-electron chi connectivity index (χ2n) is 6.18. The summed E-state index contributed by atoms with van der Waals surface area (Å²) in [5, 5.41) is 3.20. The molecule has 1 heterocycles. The molecule has 1 aliphatic rings. The number of rotatable bonds is 7. The number of hydrogen-bond acceptors (Lipinski definition) is 4. The van der Waals surface area contributed by atoms with Crippen molar-refractivity contribution >= 4 is 21.7 Å². The molecule has 1 fully saturated rings. The van der Waals surface area contributed by atoms with E-state index in [1.54, 1.807) is 7.05 Å². The first-order valence-electron chi connectivity index (χ1n) is 9.25. The van der Waals surface area contributed by atoms with E-state index in [1.165, 1.54) is 9.99 Å². The lowest BCUT2D eigenvalue weighted by molar-refractivity contribution is 0.373. The molecule has 1 aromatic carbocycles. The second-order valence-corrected chi connectivity index (χ2v) is 8.27. The zero-order valence-corrected chi connectivity index (χ0v) is 16.9. The number of aliphatic imine (C=N–C) groups is 1. The summed E-state index contributed by atoms with van der Waals surface area (Å²) in [6, 6.07) is 10.4. The number of para-hydroxylation sites is 1. The summed E-state index contributed by atoms with van der Waals surface area (Å²) in [4.78, 5) is 8.86. The van der Waals surface area contributed by atoms with Crippen LogP contribution >= 0.6 is 0 Å². The maximum Gasteiger partial charge on any atom is 0.215 e. The number of sulfonamides is 1. The number of guanidine groups is 1. The van der Waals surface area contributed by atoms with Crippen LogP contribution in [-0.2, 0) is 10.0 Å². The van der Waals surface area contributed by atoms with Crippen LogP contribution in [0.1, 0.15) is 13.8 Å². The number of hydrogen-bond donors (Lipinski definition) is 1. The van der Waals surface area contributed by atoms with Crippen LogP contribution in [-0.4, -0.2) is 82.2 Å². The molecule has 0 amide bonds. The number of piperazine rings is 1. The Kier molecular flexibility index (Phi) is 7.71. The van der Waals surface area contributed by atoms with Crippen molar-refractivity contribution in [2.75, 3.05) is 63.5 Å². The zero-order valence-electron chi connectivity index (χ0n) is 16.1. The van der Waals surface area contributed by atoms with Crippen molar-refractivity contribution < 1.29 is 8.42 Å². The van der Waals surface area contributed by atoms with Crippen LogP contribution in [0.25, 0.3) is 0 Å². The van der Waals surface area contributed by atoms with Gasteiger partial charge in [-0.2, -0.15) is 0 Å². The quantitative estimate of drug-likeness (QED) is 0.565. The molecule has 1 aromatic rings. The molecule has 0 radical (unpaired) electrons. The molecule has 8 heteroatoms. The topological polar surface area (TPSA) is 68.2 Å². The van der Waals surface area contributed by atoms with Gasteiger partial charge in [0.1, 0.15) is 0 Å². The van der Waals surface area contributed by atoms with E-state index in [0.29, 0.717) is 19.6 Å². The van der Waals surface area contributed by atoms with Gasteiger partial charge in [0.15, 0.2) is 5.96 Å². The van der Waals surface area contributed by atoms with E-state index in [2.05, 4.69) is 44.4 Å². The predicted molar refractivity (Wildman–Crippen MR) is 108 cm³/mol. The van der Waals surface area contributed by atoms with Crippen LogP contribution in [0.4, 0.5) is 5.69 Å². The molecular weight excluding hydrogens is 350 g/mol. The van der Waals surface area contributed by atoms with Crippen molar-refractivity contribution in [3.63, 3.8) is 0 Å². The van der Waals surface area contributed by atoms with Crippen LogP contribution in [0.15, 0.2) is 35.3 Å². The Hall–Kier alpha value is -1.80. The molecule has 0 bridgehead atoms. The molecule has 26 heavy (non-hydrogen) atoms. The van der Waals surface area contributed by atoms with Gasteiger partial charge in [-0.3, -0.25) is 4.99 Å². The van der Waals surface area contributed by atoms with Crippen LogP contribution in [0.2, 0.25) is 0 Å². The van der Waals surface area contributed by atoms with Crippen molar-refractivity contribution in [2.24, 2.45) is 4.99 Å². The number of benzene rings is 1. The smallest absolute Gasteiger partial charge is 0.215 e.